The number of para-hydroxylation sites is 1. The van der Waals surface area contributed by atoms with Crippen molar-refractivity contribution in [2.24, 2.45) is 0 Å². The minimum atomic E-state index is -0.372. The summed E-state index contributed by atoms with van der Waals surface area (Å²) in [5, 5.41) is 11.1. The van der Waals surface area contributed by atoms with Gasteiger partial charge in [0.2, 0.25) is 5.88 Å². The number of carbonyl (C=O) groups excluding carboxylic acids is 1. The van der Waals surface area contributed by atoms with Crippen LogP contribution in [0, 0.1) is 0 Å². The van der Waals surface area contributed by atoms with Crippen LogP contribution in [0.5, 0.6) is 5.88 Å². The number of pyridine rings is 1. The summed E-state index contributed by atoms with van der Waals surface area (Å²) < 4.78 is 7.50. The van der Waals surface area contributed by atoms with Crippen LogP contribution in [-0.2, 0) is 11.4 Å². The van der Waals surface area contributed by atoms with Crippen molar-refractivity contribution in [2.75, 3.05) is 24.4 Å². The number of benzene rings is 1. The summed E-state index contributed by atoms with van der Waals surface area (Å²) in [5.74, 6) is 0.868. The Bertz CT molecular complexity index is 1040. The molecule has 0 atom stereocenters. The minimum absolute atomic E-state index is 0.372. The van der Waals surface area contributed by atoms with Gasteiger partial charge in [-0.1, -0.05) is 23.7 Å². The Balaban J connectivity index is 1.59. The van der Waals surface area contributed by atoms with E-state index in [1.165, 1.54) is 13.3 Å². The molecule has 0 spiro atoms. The zero-order valence-corrected chi connectivity index (χ0v) is 16.4. The molecule has 0 saturated carbocycles. The molecule has 1 aliphatic rings. The van der Waals surface area contributed by atoms with E-state index in [9.17, 15) is 4.79 Å². The zero-order chi connectivity index (χ0) is 20.2. The second-order valence-corrected chi connectivity index (χ2v) is 6.68. The Labute approximate surface area is 171 Å². The van der Waals surface area contributed by atoms with Crippen molar-refractivity contribution in [3.63, 3.8) is 0 Å². The van der Waals surface area contributed by atoms with Crippen molar-refractivity contribution >= 4 is 40.4 Å². The van der Waals surface area contributed by atoms with E-state index in [0.29, 0.717) is 40.3 Å². The summed E-state index contributed by atoms with van der Waals surface area (Å²) in [4.78, 5) is 21.2. The van der Waals surface area contributed by atoms with Crippen molar-refractivity contribution in [1.82, 2.24) is 20.2 Å². The van der Waals surface area contributed by atoms with Crippen LogP contribution in [-0.4, -0.2) is 34.4 Å². The normalized spacial score (nSPS) is 12.6. The molecule has 150 valence electrons. The van der Waals surface area contributed by atoms with E-state index in [0.717, 1.165) is 18.7 Å². The summed E-state index contributed by atoms with van der Waals surface area (Å²) in [6, 6.07) is 8.79. The number of rotatable bonds is 6. The molecule has 0 radical (unpaired) electrons. The van der Waals surface area contributed by atoms with Gasteiger partial charge in [-0.3, -0.25) is 9.63 Å². The fourth-order valence-electron chi connectivity index (χ4n) is 2.98. The number of amides is 1. The molecule has 1 aliphatic heterocycles. The number of nitrogens with one attached hydrogen (secondary N) is 3. The van der Waals surface area contributed by atoms with Crippen molar-refractivity contribution in [2.45, 2.75) is 13.0 Å². The monoisotopic (exact) mass is 414 g/mol. The number of hydrogen-bond acceptors (Lipinski definition) is 7. The Morgan fingerprint density at radius 1 is 1.21 bits per heavy atom. The molecule has 0 saturated heterocycles. The first-order chi connectivity index (χ1) is 14.2. The van der Waals surface area contributed by atoms with Gasteiger partial charge in [0.05, 0.1) is 48.1 Å². The van der Waals surface area contributed by atoms with Crippen LogP contribution in [0.4, 0.5) is 22.9 Å². The van der Waals surface area contributed by atoms with E-state index in [2.05, 4.69) is 26.2 Å². The van der Waals surface area contributed by atoms with Crippen molar-refractivity contribution in [3.05, 3.63) is 53.3 Å². The molecule has 10 heteroatoms. The lowest BCUT2D eigenvalue weighted by atomic mass is 10.1. The van der Waals surface area contributed by atoms with Crippen LogP contribution in [0.15, 0.2) is 42.7 Å². The molecule has 3 aromatic rings. The largest absolute Gasteiger partial charge is 0.476 e. The first kappa shape index (κ1) is 19.0. The fraction of sp³-hybridized carbons (Fsp3) is 0.211. The van der Waals surface area contributed by atoms with Gasteiger partial charge < -0.3 is 15.4 Å². The number of aromatic nitrogens is 3. The van der Waals surface area contributed by atoms with Gasteiger partial charge >= 0.3 is 0 Å². The third-order valence-corrected chi connectivity index (χ3v) is 4.60. The Morgan fingerprint density at radius 2 is 2.07 bits per heavy atom. The van der Waals surface area contributed by atoms with Crippen molar-refractivity contribution in [1.29, 1.82) is 0 Å². The van der Waals surface area contributed by atoms with E-state index in [1.54, 1.807) is 30.5 Å². The van der Waals surface area contributed by atoms with Gasteiger partial charge in [0.25, 0.3) is 5.91 Å². The van der Waals surface area contributed by atoms with E-state index in [-0.39, 0.29) is 5.91 Å². The third kappa shape index (κ3) is 4.10. The first-order valence-electron chi connectivity index (χ1n) is 8.96. The van der Waals surface area contributed by atoms with Gasteiger partial charge in [-0.25, -0.2) is 15.1 Å². The van der Waals surface area contributed by atoms with Crippen LogP contribution in [0.25, 0.3) is 0 Å². The second kappa shape index (κ2) is 8.38. The number of hydrogen-bond donors (Lipinski definition) is 3. The number of anilines is 4. The molecular formula is C19H19ClN6O3. The maximum absolute atomic E-state index is 12.2. The lowest BCUT2D eigenvalue weighted by molar-refractivity contribution is 0.0538. The average Bonchev–Trinajstić information content (AvgIpc) is 3.14. The fourth-order valence-corrected chi connectivity index (χ4v) is 3.13. The number of hydroxylamine groups is 1. The maximum atomic E-state index is 12.2. The SMILES string of the molecule is CONC(=O)c1ccccc1Nc1cc(Nc2cnn3c2OCCC3)ncc1Cl. The summed E-state index contributed by atoms with van der Waals surface area (Å²) in [6.07, 6.45) is 4.16. The highest BCUT2D eigenvalue weighted by atomic mass is 35.5. The molecule has 0 bridgehead atoms. The van der Waals surface area contributed by atoms with Crippen LogP contribution >= 0.6 is 11.6 Å². The molecule has 3 heterocycles. The van der Waals surface area contributed by atoms with E-state index in [1.807, 2.05) is 10.7 Å². The standard InChI is InChI=1S/C19H19ClN6O3/c1-28-25-18(27)12-5-2-3-6-14(12)23-15-9-17(21-10-13(15)20)24-16-11-22-26-7-4-8-29-19(16)26/h2-3,5-6,9-11H,4,7-8H2,1H3,(H,25,27)(H2,21,23,24). The van der Waals surface area contributed by atoms with Crippen molar-refractivity contribution < 1.29 is 14.4 Å². The number of halogens is 1. The number of carbonyl (C=O) groups is 1. The lowest BCUT2D eigenvalue weighted by Gasteiger charge is -2.17. The van der Waals surface area contributed by atoms with Gasteiger partial charge in [0, 0.05) is 19.0 Å². The molecule has 1 aromatic carbocycles. The number of ether oxygens (including phenoxy) is 1. The molecule has 4 rings (SSSR count). The highest BCUT2D eigenvalue weighted by Crippen LogP contribution is 2.33. The predicted octanol–water partition coefficient (Wildman–Crippen LogP) is 3.49. The third-order valence-electron chi connectivity index (χ3n) is 4.30. The summed E-state index contributed by atoms with van der Waals surface area (Å²) >= 11 is 6.32. The van der Waals surface area contributed by atoms with Gasteiger partial charge in [-0.15, -0.1) is 0 Å². The average molecular weight is 415 g/mol. The van der Waals surface area contributed by atoms with Gasteiger partial charge in [-0.2, -0.15) is 5.10 Å². The van der Waals surface area contributed by atoms with Gasteiger partial charge in [0.1, 0.15) is 11.5 Å². The first-order valence-corrected chi connectivity index (χ1v) is 9.34. The van der Waals surface area contributed by atoms with Gasteiger partial charge in [0.15, 0.2) is 0 Å². The molecule has 9 nitrogen and oxygen atoms in total. The van der Waals surface area contributed by atoms with E-state index >= 15 is 0 Å². The highest BCUT2D eigenvalue weighted by molar-refractivity contribution is 6.33. The van der Waals surface area contributed by atoms with Crippen LogP contribution in [0.3, 0.4) is 0 Å². The molecule has 2 aromatic heterocycles. The quantitative estimate of drug-likeness (QED) is 0.530. The van der Waals surface area contributed by atoms with Crippen LogP contribution in [0.1, 0.15) is 16.8 Å². The van der Waals surface area contributed by atoms with Gasteiger partial charge in [-0.05, 0) is 12.1 Å². The van der Waals surface area contributed by atoms with E-state index < -0.39 is 0 Å². The van der Waals surface area contributed by atoms with Crippen molar-refractivity contribution in [3.8, 4) is 5.88 Å². The number of aryl methyl sites for hydroxylation is 1. The molecule has 0 fully saturated rings. The molecule has 0 unspecified atom stereocenters. The lowest BCUT2D eigenvalue weighted by Crippen LogP contribution is -2.22. The second-order valence-electron chi connectivity index (χ2n) is 6.27. The predicted molar refractivity (Wildman–Crippen MR) is 109 cm³/mol. The Morgan fingerprint density at radius 3 is 2.93 bits per heavy atom. The Hall–Kier alpha value is -3.30. The smallest absolute Gasteiger partial charge is 0.276 e. The van der Waals surface area contributed by atoms with Crippen LogP contribution < -0.4 is 20.9 Å². The summed E-state index contributed by atoms with van der Waals surface area (Å²) in [7, 11) is 1.38. The summed E-state index contributed by atoms with van der Waals surface area (Å²) in [6.45, 7) is 1.47. The number of fused-ring (bicyclic) bond motifs is 1. The molecule has 0 aliphatic carbocycles. The Kier molecular flexibility index (Phi) is 5.50. The number of nitrogens with zero attached hydrogens (tertiary/aromatic N) is 3. The molecule has 3 N–H and O–H groups in total. The molecular weight excluding hydrogens is 396 g/mol. The highest BCUT2D eigenvalue weighted by Gasteiger charge is 2.17. The molecule has 29 heavy (non-hydrogen) atoms. The minimum Gasteiger partial charge on any atom is -0.476 e. The molecule has 1 amide bonds. The summed E-state index contributed by atoms with van der Waals surface area (Å²) in [5.41, 5.74) is 4.62. The van der Waals surface area contributed by atoms with E-state index in [4.69, 9.17) is 21.2 Å². The van der Waals surface area contributed by atoms with Crippen LogP contribution in [0.2, 0.25) is 5.02 Å². The maximum Gasteiger partial charge on any atom is 0.276 e. The topological polar surface area (TPSA) is 102 Å². The zero-order valence-electron chi connectivity index (χ0n) is 15.6.